The first-order valence-corrected chi connectivity index (χ1v) is 8.96. The van der Waals surface area contributed by atoms with Crippen LogP contribution in [-0.2, 0) is 13.6 Å². The van der Waals surface area contributed by atoms with Crippen LogP contribution in [0.4, 0.5) is 5.82 Å². The lowest BCUT2D eigenvalue weighted by molar-refractivity contribution is 0.1000. The summed E-state index contributed by atoms with van der Waals surface area (Å²) in [6.07, 6.45) is 9.14. The van der Waals surface area contributed by atoms with E-state index in [2.05, 4.69) is 29.6 Å². The van der Waals surface area contributed by atoms with Crippen molar-refractivity contribution in [2.24, 2.45) is 12.8 Å². The van der Waals surface area contributed by atoms with E-state index in [0.29, 0.717) is 12.1 Å². The van der Waals surface area contributed by atoms with Crippen LogP contribution in [0.25, 0.3) is 0 Å². The molecule has 1 amide bonds. The van der Waals surface area contributed by atoms with Gasteiger partial charge in [0.2, 0.25) is 5.91 Å². The summed E-state index contributed by atoms with van der Waals surface area (Å²) in [5, 5.41) is 8.82. The maximum Gasteiger partial charge on any atom is 0.248 e. The Morgan fingerprint density at radius 1 is 1.33 bits per heavy atom. The maximum absolute atomic E-state index is 11.4. The fourth-order valence-electron chi connectivity index (χ4n) is 3.55. The number of carbonyl (C=O) groups excluding carboxylic acids is 1. The molecule has 1 atom stereocenters. The van der Waals surface area contributed by atoms with Crippen LogP contribution in [0, 0.1) is 0 Å². The minimum absolute atomic E-state index is 0.256. The third-order valence-electron chi connectivity index (χ3n) is 5.02. The van der Waals surface area contributed by atoms with Gasteiger partial charge in [-0.15, -0.1) is 10.2 Å². The van der Waals surface area contributed by atoms with Crippen molar-refractivity contribution in [1.29, 1.82) is 0 Å². The minimum atomic E-state index is -0.440. The lowest BCUT2D eigenvalue weighted by atomic mass is 9.97. The molecule has 0 saturated carbocycles. The van der Waals surface area contributed by atoms with E-state index in [-0.39, 0.29) is 5.92 Å². The number of imidazole rings is 1. The molecule has 140 valence electrons. The quantitative estimate of drug-likeness (QED) is 0.720. The highest BCUT2D eigenvalue weighted by Gasteiger charge is 2.27. The molecule has 0 bridgehead atoms. The van der Waals surface area contributed by atoms with Crippen molar-refractivity contribution in [3.05, 3.63) is 54.3 Å². The first kappa shape index (κ1) is 17.2. The zero-order chi connectivity index (χ0) is 18.8. The average Bonchev–Trinajstić information content (AvgIpc) is 3.33. The molecule has 1 fully saturated rings. The van der Waals surface area contributed by atoms with E-state index < -0.39 is 5.91 Å². The number of anilines is 1. The predicted molar refractivity (Wildman–Crippen MR) is 99.3 cm³/mol. The summed E-state index contributed by atoms with van der Waals surface area (Å²) in [5.41, 5.74) is 5.87. The highest BCUT2D eigenvalue weighted by atomic mass is 16.1. The number of nitrogens with two attached hydrogens (primary N) is 1. The van der Waals surface area contributed by atoms with Gasteiger partial charge in [0.05, 0.1) is 12.9 Å². The van der Waals surface area contributed by atoms with Gasteiger partial charge in [0, 0.05) is 50.2 Å². The summed E-state index contributed by atoms with van der Waals surface area (Å²) in [4.78, 5) is 22.1. The van der Waals surface area contributed by atoms with Crippen molar-refractivity contribution in [1.82, 2.24) is 29.3 Å². The van der Waals surface area contributed by atoms with Crippen LogP contribution in [0.15, 0.2) is 37.1 Å². The van der Waals surface area contributed by atoms with Crippen molar-refractivity contribution in [3.8, 4) is 0 Å². The smallest absolute Gasteiger partial charge is 0.248 e. The van der Waals surface area contributed by atoms with Crippen LogP contribution in [0.1, 0.15) is 40.8 Å². The first-order chi connectivity index (χ1) is 13.1. The van der Waals surface area contributed by atoms with Crippen LogP contribution in [-0.4, -0.2) is 48.3 Å². The molecule has 0 radical (unpaired) electrons. The van der Waals surface area contributed by atoms with Gasteiger partial charge in [-0.2, -0.15) is 0 Å². The number of hydrogen-bond acceptors (Lipinski definition) is 6. The van der Waals surface area contributed by atoms with E-state index >= 15 is 0 Å². The van der Waals surface area contributed by atoms with Gasteiger partial charge in [-0.3, -0.25) is 4.79 Å². The van der Waals surface area contributed by atoms with Crippen molar-refractivity contribution in [3.63, 3.8) is 0 Å². The molecule has 1 unspecified atom stereocenters. The van der Waals surface area contributed by atoms with E-state index in [4.69, 9.17) is 5.73 Å². The topological polar surface area (TPSA) is 108 Å². The highest BCUT2D eigenvalue weighted by Crippen LogP contribution is 2.28. The second-order valence-electron chi connectivity index (χ2n) is 6.82. The van der Waals surface area contributed by atoms with Gasteiger partial charge in [-0.1, -0.05) is 0 Å². The maximum atomic E-state index is 11.4. The van der Waals surface area contributed by atoms with E-state index in [1.165, 1.54) is 0 Å². The lowest BCUT2D eigenvalue weighted by Gasteiger charge is -2.33. The Balaban J connectivity index is 1.52. The molecule has 1 aliphatic rings. The predicted octanol–water partition coefficient (Wildman–Crippen LogP) is 0.938. The molecule has 27 heavy (non-hydrogen) atoms. The number of amides is 1. The normalized spacial score (nSPS) is 17.2. The van der Waals surface area contributed by atoms with E-state index in [9.17, 15) is 4.79 Å². The van der Waals surface area contributed by atoms with E-state index in [0.717, 1.165) is 43.4 Å². The van der Waals surface area contributed by atoms with Crippen molar-refractivity contribution in [2.75, 3.05) is 18.0 Å². The Kier molecular flexibility index (Phi) is 4.57. The van der Waals surface area contributed by atoms with Gasteiger partial charge in [0.25, 0.3) is 0 Å². The molecule has 4 rings (SSSR count). The zero-order valence-corrected chi connectivity index (χ0v) is 15.2. The standard InChI is InChI=1S/C18H22N8O/c1-24-16(11-25-8-6-20-12-25)22-23-18(24)14-3-2-7-26(10-14)15-9-13(17(19)27)4-5-21-15/h4-6,8-9,12,14H,2-3,7,10-11H2,1H3,(H2,19,27). The van der Waals surface area contributed by atoms with Crippen LogP contribution < -0.4 is 10.6 Å². The molecule has 2 N–H and O–H groups in total. The molecule has 0 spiro atoms. The van der Waals surface area contributed by atoms with E-state index in [1.807, 2.05) is 17.8 Å². The number of piperidine rings is 1. The van der Waals surface area contributed by atoms with Crippen LogP contribution in [0.5, 0.6) is 0 Å². The summed E-state index contributed by atoms with van der Waals surface area (Å²) < 4.78 is 4.04. The van der Waals surface area contributed by atoms with Gasteiger partial charge in [0.1, 0.15) is 11.6 Å². The van der Waals surface area contributed by atoms with Gasteiger partial charge in [-0.05, 0) is 25.0 Å². The first-order valence-electron chi connectivity index (χ1n) is 8.96. The van der Waals surface area contributed by atoms with Gasteiger partial charge in [0.15, 0.2) is 5.82 Å². The largest absolute Gasteiger partial charge is 0.366 e. The Hall–Kier alpha value is -3.23. The Bertz CT molecular complexity index is 933. The Labute approximate surface area is 156 Å². The lowest BCUT2D eigenvalue weighted by Crippen LogP contribution is -2.36. The van der Waals surface area contributed by atoms with Gasteiger partial charge >= 0.3 is 0 Å². The molecule has 3 aromatic rings. The molecule has 9 nitrogen and oxygen atoms in total. The fraction of sp³-hybridized carbons (Fsp3) is 0.389. The summed E-state index contributed by atoms with van der Waals surface area (Å²) in [6, 6.07) is 3.39. The summed E-state index contributed by atoms with van der Waals surface area (Å²) in [7, 11) is 2.01. The molecule has 1 aliphatic heterocycles. The molecular formula is C18H22N8O. The second kappa shape index (κ2) is 7.18. The Morgan fingerprint density at radius 3 is 3.00 bits per heavy atom. The monoisotopic (exact) mass is 366 g/mol. The van der Waals surface area contributed by atoms with Crippen molar-refractivity contribution < 1.29 is 4.79 Å². The third kappa shape index (κ3) is 3.53. The fourth-order valence-corrected chi connectivity index (χ4v) is 3.55. The van der Waals surface area contributed by atoms with Crippen LogP contribution >= 0.6 is 0 Å². The number of hydrogen-bond donors (Lipinski definition) is 1. The second-order valence-corrected chi connectivity index (χ2v) is 6.82. The molecule has 1 saturated heterocycles. The number of carbonyl (C=O) groups is 1. The molecular weight excluding hydrogens is 344 g/mol. The minimum Gasteiger partial charge on any atom is -0.366 e. The number of pyridine rings is 1. The van der Waals surface area contributed by atoms with Gasteiger partial charge < -0.3 is 19.8 Å². The van der Waals surface area contributed by atoms with Crippen molar-refractivity contribution >= 4 is 11.7 Å². The number of nitrogens with zero attached hydrogens (tertiary/aromatic N) is 7. The number of rotatable bonds is 5. The SMILES string of the molecule is Cn1c(Cn2ccnc2)nnc1C1CCCN(c2cc(C(N)=O)ccn2)C1. The number of aromatic nitrogens is 6. The van der Waals surface area contributed by atoms with Crippen LogP contribution in [0.3, 0.4) is 0 Å². The third-order valence-corrected chi connectivity index (χ3v) is 5.02. The number of primary amides is 1. The molecule has 3 aromatic heterocycles. The average molecular weight is 366 g/mol. The highest BCUT2D eigenvalue weighted by molar-refractivity contribution is 5.93. The van der Waals surface area contributed by atoms with Gasteiger partial charge in [-0.25, -0.2) is 9.97 Å². The molecule has 0 aromatic carbocycles. The summed E-state index contributed by atoms with van der Waals surface area (Å²) in [5.74, 6) is 2.46. The van der Waals surface area contributed by atoms with Crippen molar-refractivity contribution in [2.45, 2.75) is 25.3 Å². The summed E-state index contributed by atoms with van der Waals surface area (Å²) >= 11 is 0. The summed E-state index contributed by atoms with van der Waals surface area (Å²) in [6.45, 7) is 2.32. The molecule has 4 heterocycles. The van der Waals surface area contributed by atoms with Crippen LogP contribution in [0.2, 0.25) is 0 Å². The molecule has 9 heteroatoms. The molecule has 0 aliphatic carbocycles. The zero-order valence-electron chi connectivity index (χ0n) is 15.2. The van der Waals surface area contributed by atoms with E-state index in [1.54, 1.807) is 30.9 Å². The Morgan fingerprint density at radius 2 is 2.22 bits per heavy atom.